The van der Waals surface area contributed by atoms with Gasteiger partial charge in [-0.1, -0.05) is 6.92 Å². The van der Waals surface area contributed by atoms with Gasteiger partial charge in [-0.05, 0) is 19.1 Å². The highest BCUT2D eigenvalue weighted by Gasteiger charge is 2.25. The molecule has 1 amide bonds. The largest absolute Gasteiger partial charge is 0.272 e. The third-order valence-corrected chi connectivity index (χ3v) is 3.06. The molecule has 1 heterocycles. The summed E-state index contributed by atoms with van der Waals surface area (Å²) in [5.74, 6) is 2.06. The molecular formula is C8H14N2OS. The number of rotatable bonds is 4. The van der Waals surface area contributed by atoms with Gasteiger partial charge in [-0.3, -0.25) is 4.79 Å². The number of nitrogens with one attached hydrogen (secondary N) is 1. The van der Waals surface area contributed by atoms with Crippen LogP contribution in [-0.2, 0) is 4.79 Å². The van der Waals surface area contributed by atoms with E-state index in [4.69, 9.17) is 0 Å². The Morgan fingerprint density at radius 3 is 2.92 bits per heavy atom. The third-order valence-electron chi connectivity index (χ3n) is 1.80. The molecule has 0 aliphatic carbocycles. The summed E-state index contributed by atoms with van der Waals surface area (Å²) in [6.07, 6.45) is 1.16. The molecule has 1 rings (SSSR count). The molecular weight excluding hydrogens is 172 g/mol. The fraction of sp³-hybridized carbons (Fsp3) is 0.750. The molecule has 1 N–H and O–H groups in total. The molecule has 0 saturated carbocycles. The Morgan fingerprint density at radius 1 is 1.67 bits per heavy atom. The minimum absolute atomic E-state index is 0.0153. The monoisotopic (exact) mass is 186 g/mol. The fourth-order valence-electron chi connectivity index (χ4n) is 1.03. The summed E-state index contributed by atoms with van der Waals surface area (Å²) < 4.78 is 0. The maximum atomic E-state index is 11.1. The summed E-state index contributed by atoms with van der Waals surface area (Å²) in [4.78, 5) is 11.1. The number of thioether (sulfide) groups is 1. The van der Waals surface area contributed by atoms with Gasteiger partial charge in [0, 0.05) is 11.5 Å². The van der Waals surface area contributed by atoms with Crippen LogP contribution >= 0.6 is 11.8 Å². The summed E-state index contributed by atoms with van der Waals surface area (Å²) in [5.41, 5.74) is 3.40. The van der Waals surface area contributed by atoms with Crippen molar-refractivity contribution in [2.45, 2.75) is 20.3 Å². The van der Waals surface area contributed by atoms with Crippen LogP contribution in [0.1, 0.15) is 20.3 Å². The van der Waals surface area contributed by atoms with E-state index in [2.05, 4.69) is 17.5 Å². The molecule has 0 fully saturated rings. The number of hydrogen-bond acceptors (Lipinski definition) is 3. The predicted molar refractivity (Wildman–Crippen MR) is 52.4 cm³/mol. The van der Waals surface area contributed by atoms with Crippen LogP contribution in [0.3, 0.4) is 0 Å². The smallest absolute Gasteiger partial charge is 0.249 e. The molecule has 1 aliphatic rings. The first-order valence-corrected chi connectivity index (χ1v) is 5.33. The van der Waals surface area contributed by atoms with Gasteiger partial charge in [-0.15, -0.1) is 0 Å². The molecule has 0 aromatic heterocycles. The van der Waals surface area contributed by atoms with Crippen LogP contribution < -0.4 is 5.43 Å². The van der Waals surface area contributed by atoms with Gasteiger partial charge in [0.15, 0.2) is 0 Å². The summed E-state index contributed by atoms with van der Waals surface area (Å²) in [5, 5.41) is 3.88. The van der Waals surface area contributed by atoms with Crippen molar-refractivity contribution in [3.8, 4) is 0 Å². The second-order valence-electron chi connectivity index (χ2n) is 2.86. The quantitative estimate of drug-likeness (QED) is 0.671. The van der Waals surface area contributed by atoms with E-state index in [1.54, 1.807) is 0 Å². The van der Waals surface area contributed by atoms with Gasteiger partial charge < -0.3 is 0 Å². The zero-order chi connectivity index (χ0) is 8.97. The number of hydrogen-bond donors (Lipinski definition) is 1. The van der Waals surface area contributed by atoms with Crippen molar-refractivity contribution < 1.29 is 4.79 Å². The first-order chi connectivity index (χ1) is 5.75. The van der Waals surface area contributed by atoms with Crippen molar-refractivity contribution in [3.63, 3.8) is 0 Å². The molecule has 0 saturated heterocycles. The summed E-state index contributed by atoms with van der Waals surface area (Å²) >= 11 is 1.82. The standard InChI is InChI=1S/C8H14N2OS/c1-3-4-12-5-7-6(2)9-10-8(7)11/h7H,3-5H2,1-2H3,(H,10,11). The van der Waals surface area contributed by atoms with E-state index in [9.17, 15) is 4.79 Å². The molecule has 1 atom stereocenters. The van der Waals surface area contributed by atoms with E-state index in [0.717, 1.165) is 23.6 Å². The molecule has 0 spiro atoms. The van der Waals surface area contributed by atoms with Crippen molar-refractivity contribution in [1.29, 1.82) is 0 Å². The van der Waals surface area contributed by atoms with Crippen LogP contribution in [-0.4, -0.2) is 23.1 Å². The Balaban J connectivity index is 2.31. The van der Waals surface area contributed by atoms with Crippen LogP contribution in [0.5, 0.6) is 0 Å². The van der Waals surface area contributed by atoms with Crippen LogP contribution in [0, 0.1) is 5.92 Å². The topological polar surface area (TPSA) is 41.5 Å². The van der Waals surface area contributed by atoms with Crippen LogP contribution in [0.25, 0.3) is 0 Å². The summed E-state index contributed by atoms with van der Waals surface area (Å²) in [6, 6.07) is 0. The van der Waals surface area contributed by atoms with Crippen molar-refractivity contribution >= 4 is 23.4 Å². The maximum absolute atomic E-state index is 11.1. The predicted octanol–water partition coefficient (Wildman–Crippen LogP) is 1.25. The van der Waals surface area contributed by atoms with E-state index >= 15 is 0 Å². The van der Waals surface area contributed by atoms with Crippen molar-refractivity contribution in [1.82, 2.24) is 5.43 Å². The molecule has 68 valence electrons. The molecule has 0 aromatic carbocycles. The lowest BCUT2D eigenvalue weighted by atomic mass is 10.1. The lowest BCUT2D eigenvalue weighted by molar-refractivity contribution is -0.121. The highest BCUT2D eigenvalue weighted by atomic mass is 32.2. The fourth-order valence-corrected chi connectivity index (χ4v) is 2.11. The van der Waals surface area contributed by atoms with Gasteiger partial charge in [0.25, 0.3) is 0 Å². The molecule has 1 unspecified atom stereocenters. The lowest BCUT2D eigenvalue weighted by Crippen LogP contribution is -2.24. The zero-order valence-corrected chi connectivity index (χ0v) is 8.28. The Hall–Kier alpha value is -0.510. The SMILES string of the molecule is CCCSCC1C(=O)NN=C1C. The van der Waals surface area contributed by atoms with E-state index in [1.165, 1.54) is 0 Å². The highest BCUT2D eigenvalue weighted by Crippen LogP contribution is 2.14. The van der Waals surface area contributed by atoms with Gasteiger partial charge in [0.05, 0.1) is 5.92 Å². The van der Waals surface area contributed by atoms with Gasteiger partial charge in [-0.2, -0.15) is 16.9 Å². The first kappa shape index (κ1) is 9.58. The number of carbonyl (C=O) groups excluding carboxylic acids is 1. The second-order valence-corrected chi connectivity index (χ2v) is 4.01. The van der Waals surface area contributed by atoms with Gasteiger partial charge in [0.1, 0.15) is 0 Å². The zero-order valence-electron chi connectivity index (χ0n) is 7.46. The molecule has 12 heavy (non-hydrogen) atoms. The average Bonchev–Trinajstić information content (AvgIpc) is 2.35. The minimum Gasteiger partial charge on any atom is -0.272 e. The lowest BCUT2D eigenvalue weighted by Gasteiger charge is -2.05. The van der Waals surface area contributed by atoms with Crippen LogP contribution in [0.2, 0.25) is 0 Å². The van der Waals surface area contributed by atoms with Gasteiger partial charge in [0.2, 0.25) is 5.91 Å². The second kappa shape index (κ2) is 4.50. The van der Waals surface area contributed by atoms with Gasteiger partial charge in [-0.25, -0.2) is 5.43 Å². The molecule has 0 bridgehead atoms. The minimum atomic E-state index is 0.0153. The molecule has 1 aliphatic heterocycles. The van der Waals surface area contributed by atoms with Crippen molar-refractivity contribution in [3.05, 3.63) is 0 Å². The molecule has 3 nitrogen and oxygen atoms in total. The molecule has 0 aromatic rings. The van der Waals surface area contributed by atoms with E-state index in [-0.39, 0.29) is 11.8 Å². The summed E-state index contributed by atoms with van der Waals surface area (Å²) in [7, 11) is 0. The normalized spacial score (nSPS) is 22.3. The van der Waals surface area contributed by atoms with E-state index < -0.39 is 0 Å². The highest BCUT2D eigenvalue weighted by molar-refractivity contribution is 7.99. The Kier molecular flexibility index (Phi) is 3.59. The number of carbonyl (C=O) groups is 1. The average molecular weight is 186 g/mol. The number of nitrogens with zero attached hydrogens (tertiary/aromatic N) is 1. The molecule has 4 heteroatoms. The third kappa shape index (κ3) is 2.24. The van der Waals surface area contributed by atoms with Crippen LogP contribution in [0.15, 0.2) is 5.10 Å². The van der Waals surface area contributed by atoms with Crippen molar-refractivity contribution in [2.75, 3.05) is 11.5 Å². The maximum Gasteiger partial charge on any atom is 0.249 e. The Bertz CT molecular complexity index is 203. The van der Waals surface area contributed by atoms with E-state index in [1.807, 2.05) is 18.7 Å². The Morgan fingerprint density at radius 2 is 2.42 bits per heavy atom. The Labute approximate surface area is 77.0 Å². The van der Waals surface area contributed by atoms with Gasteiger partial charge >= 0.3 is 0 Å². The van der Waals surface area contributed by atoms with E-state index in [0.29, 0.717) is 0 Å². The number of hydrazone groups is 1. The number of amides is 1. The molecule has 0 radical (unpaired) electrons. The van der Waals surface area contributed by atoms with Crippen molar-refractivity contribution in [2.24, 2.45) is 11.0 Å². The summed E-state index contributed by atoms with van der Waals surface area (Å²) in [6.45, 7) is 4.04. The van der Waals surface area contributed by atoms with Crippen LogP contribution in [0.4, 0.5) is 0 Å². The first-order valence-electron chi connectivity index (χ1n) is 4.17.